The molecule has 3 fully saturated rings. The number of alkyl carbamates (subject to hydrolysis) is 1. The van der Waals surface area contributed by atoms with Gasteiger partial charge in [-0.05, 0) is 63.0 Å². The monoisotopic (exact) mass is 865 g/mol. The number of hydrogen-bond acceptors (Lipinski definition) is 15. The Hall–Kier alpha value is -4.87. The molecule has 4 aliphatic rings. The number of fused-ring (bicyclic) bond motifs is 5. The van der Waals surface area contributed by atoms with E-state index in [1.807, 2.05) is 0 Å². The fourth-order valence-corrected chi connectivity index (χ4v) is 10.2. The Morgan fingerprint density at radius 3 is 2.06 bits per heavy atom. The summed E-state index contributed by atoms with van der Waals surface area (Å²) < 4.78 is 35.9. The molecule has 3 aliphatic carbocycles. The predicted octanol–water partition coefficient (Wildman–Crippen LogP) is 3.49. The van der Waals surface area contributed by atoms with E-state index < -0.39 is 119 Å². The maximum atomic E-state index is 14.3. The number of aliphatic hydroxyl groups excluding tert-OH is 3. The van der Waals surface area contributed by atoms with Crippen LogP contribution in [0.3, 0.4) is 0 Å². The third kappa shape index (κ3) is 8.34. The fraction of sp³-hybridized carbons (Fsp3) is 0.587. The van der Waals surface area contributed by atoms with Crippen molar-refractivity contribution in [3.63, 3.8) is 0 Å². The van der Waals surface area contributed by atoms with Crippen LogP contribution in [0.15, 0.2) is 71.8 Å². The van der Waals surface area contributed by atoms with E-state index in [4.69, 9.17) is 28.4 Å². The molecule has 2 bridgehead atoms. The summed E-state index contributed by atoms with van der Waals surface area (Å²) in [5.41, 5.74) is -7.37. The number of esters is 4. The van der Waals surface area contributed by atoms with E-state index in [1.54, 1.807) is 90.1 Å². The average Bonchev–Trinajstić information content (AvgIpc) is 3.18. The zero-order valence-corrected chi connectivity index (χ0v) is 36.6. The Morgan fingerprint density at radius 1 is 0.903 bits per heavy atom. The minimum absolute atomic E-state index is 0.0274. The molecule has 6 rings (SSSR count). The Balaban J connectivity index is 1.52. The number of carbonyl (C=O) groups is 5. The summed E-state index contributed by atoms with van der Waals surface area (Å²) in [5, 5.41) is 52.9. The van der Waals surface area contributed by atoms with Crippen molar-refractivity contribution in [2.45, 2.75) is 147 Å². The molecule has 0 unspecified atom stereocenters. The quantitative estimate of drug-likeness (QED) is 0.131. The first-order chi connectivity index (χ1) is 28.9. The van der Waals surface area contributed by atoms with E-state index in [-0.39, 0.29) is 36.2 Å². The predicted molar refractivity (Wildman–Crippen MR) is 219 cm³/mol. The molecule has 2 aromatic rings. The van der Waals surface area contributed by atoms with Crippen LogP contribution in [0.2, 0.25) is 0 Å². The van der Waals surface area contributed by atoms with Crippen LogP contribution in [0.25, 0.3) is 0 Å². The second kappa shape index (κ2) is 17.0. The van der Waals surface area contributed by atoms with Gasteiger partial charge in [0.25, 0.3) is 0 Å². The van der Waals surface area contributed by atoms with Gasteiger partial charge in [0, 0.05) is 37.5 Å². The zero-order chi connectivity index (χ0) is 45.7. The first-order valence-corrected chi connectivity index (χ1v) is 20.8. The highest BCUT2D eigenvalue weighted by Gasteiger charge is 2.78. The molecule has 1 aliphatic heterocycles. The molecule has 1 heterocycles. The minimum Gasteiger partial charge on any atom is -0.456 e. The lowest BCUT2D eigenvalue weighted by Crippen LogP contribution is -2.82. The van der Waals surface area contributed by atoms with Crippen LogP contribution in [0.4, 0.5) is 4.79 Å². The Morgan fingerprint density at radius 2 is 1.52 bits per heavy atom. The molecule has 0 radical (unpaired) electrons. The molecule has 1 saturated heterocycles. The van der Waals surface area contributed by atoms with Gasteiger partial charge in [-0.2, -0.15) is 0 Å². The number of rotatable bonds is 10. The lowest BCUT2D eigenvalue weighted by atomic mass is 9.44. The molecule has 16 nitrogen and oxygen atoms in total. The van der Waals surface area contributed by atoms with Crippen molar-refractivity contribution in [1.29, 1.82) is 0 Å². The van der Waals surface area contributed by atoms with Crippen molar-refractivity contribution in [3.8, 4) is 0 Å². The Kier molecular flexibility index (Phi) is 12.8. The van der Waals surface area contributed by atoms with Gasteiger partial charge in [0.1, 0.15) is 35.6 Å². The second-order valence-corrected chi connectivity index (χ2v) is 18.8. The van der Waals surface area contributed by atoms with Crippen molar-refractivity contribution in [2.75, 3.05) is 6.61 Å². The maximum absolute atomic E-state index is 14.3. The summed E-state index contributed by atoms with van der Waals surface area (Å²) in [4.78, 5) is 67.6. The van der Waals surface area contributed by atoms with Gasteiger partial charge >= 0.3 is 30.0 Å². The van der Waals surface area contributed by atoms with Crippen LogP contribution in [0.1, 0.15) is 91.1 Å². The third-order valence-electron chi connectivity index (χ3n) is 13.3. The van der Waals surface area contributed by atoms with Crippen molar-refractivity contribution in [2.24, 2.45) is 16.7 Å². The molecular weight excluding hydrogens is 806 g/mol. The molecule has 1 amide bonds. The van der Waals surface area contributed by atoms with Gasteiger partial charge in [-0.25, -0.2) is 14.4 Å². The largest absolute Gasteiger partial charge is 0.456 e. The second-order valence-electron chi connectivity index (χ2n) is 18.8. The SMILES string of the molecule is CC(=O)O[C@@H]1C2=C(C)[C@@H](OC(=O)[C@H](O)[C@H](Cc3ccccc3)NC(=O)OC(C)(C)C)C[C@@](O)([C@@H](OC(=O)c3ccccc3)[C@@H]3[C@]4(OC(C)=O)CO[C@@H]4C[C@H](O)[C@@]3(C)[C@H]1O)C2(C)C. The number of ether oxygens (including phenoxy) is 6. The summed E-state index contributed by atoms with van der Waals surface area (Å²) in [5.74, 6) is -5.17. The van der Waals surface area contributed by atoms with Gasteiger partial charge in [0.15, 0.2) is 17.8 Å². The van der Waals surface area contributed by atoms with Crippen LogP contribution in [-0.2, 0) is 49.2 Å². The van der Waals surface area contributed by atoms with E-state index in [9.17, 15) is 44.4 Å². The molecule has 12 atom stereocenters. The van der Waals surface area contributed by atoms with Crippen LogP contribution < -0.4 is 5.32 Å². The number of hydrogen-bond donors (Lipinski definition) is 5. The molecule has 5 N–H and O–H groups in total. The van der Waals surface area contributed by atoms with Crippen molar-refractivity contribution < 1.29 is 72.8 Å². The highest BCUT2D eigenvalue weighted by atomic mass is 16.6. The highest BCUT2D eigenvalue weighted by molar-refractivity contribution is 5.89. The molecule has 0 spiro atoms. The fourth-order valence-electron chi connectivity index (χ4n) is 10.2. The Bertz CT molecular complexity index is 2070. The molecule has 0 aromatic heterocycles. The lowest BCUT2D eigenvalue weighted by Gasteiger charge is -2.69. The molecule has 16 heteroatoms. The van der Waals surface area contributed by atoms with Gasteiger partial charge in [0.2, 0.25) is 0 Å². The number of carbonyl (C=O) groups excluding carboxylic acids is 5. The molecule has 62 heavy (non-hydrogen) atoms. The highest BCUT2D eigenvalue weighted by Crippen LogP contribution is 2.65. The first-order valence-electron chi connectivity index (χ1n) is 20.8. The summed E-state index contributed by atoms with van der Waals surface area (Å²) in [6, 6.07) is 15.4. The van der Waals surface area contributed by atoms with E-state index >= 15 is 0 Å². The normalized spacial score (nSPS) is 33.3. The molecule has 338 valence electrons. The van der Waals surface area contributed by atoms with Crippen molar-refractivity contribution >= 4 is 30.0 Å². The molecular formula is C46H59NO15. The lowest BCUT2D eigenvalue weighted by molar-refractivity contribution is -0.365. The first kappa shape index (κ1) is 46.6. The number of benzene rings is 2. The van der Waals surface area contributed by atoms with E-state index in [1.165, 1.54) is 26.0 Å². The summed E-state index contributed by atoms with van der Waals surface area (Å²) in [7, 11) is 0. The number of amides is 1. The summed E-state index contributed by atoms with van der Waals surface area (Å²) in [6.07, 6.45) is -12.7. The van der Waals surface area contributed by atoms with E-state index in [0.29, 0.717) is 5.56 Å². The molecule has 2 saturated carbocycles. The topological polar surface area (TPSA) is 234 Å². The van der Waals surface area contributed by atoms with Gasteiger partial charge < -0.3 is 54.2 Å². The van der Waals surface area contributed by atoms with Crippen LogP contribution >= 0.6 is 0 Å². The average molecular weight is 866 g/mol. The van der Waals surface area contributed by atoms with E-state index in [0.717, 1.165) is 6.92 Å². The smallest absolute Gasteiger partial charge is 0.407 e. The van der Waals surface area contributed by atoms with Gasteiger partial charge in [-0.15, -0.1) is 0 Å². The summed E-state index contributed by atoms with van der Waals surface area (Å²) >= 11 is 0. The number of aliphatic hydroxyl groups is 4. The Labute approximate surface area is 360 Å². The maximum Gasteiger partial charge on any atom is 0.407 e. The molecule has 2 aromatic carbocycles. The third-order valence-corrected chi connectivity index (χ3v) is 13.3. The van der Waals surface area contributed by atoms with Crippen molar-refractivity contribution in [3.05, 3.63) is 82.9 Å². The van der Waals surface area contributed by atoms with Crippen LogP contribution in [0.5, 0.6) is 0 Å². The minimum atomic E-state index is -2.35. The van der Waals surface area contributed by atoms with Crippen LogP contribution in [0, 0.1) is 16.7 Å². The standard InChI is InChI=1S/C46H59NO15/c1-24-30(59-40(54)34(51)29(20-27-16-12-10-13-17-27)47-41(55)62-42(4,5)6)22-46(56)38(60-39(53)28-18-14-11-15-19-28)36-44(9,31(50)21-32-45(36,23-57-32)61-26(3)49)37(52)35(58-25(2)48)33(24)43(46,7)8/h10-19,29-32,34-38,50-52,56H,20-23H2,1-9H3,(H,47,55)/t29-,30-,31-,32+,34+,35+,36-,37-,38-,44+,45-,46+/m0/s1. The summed E-state index contributed by atoms with van der Waals surface area (Å²) in [6.45, 7) is 13.2. The van der Waals surface area contributed by atoms with E-state index in [2.05, 4.69) is 5.32 Å². The van der Waals surface area contributed by atoms with Gasteiger partial charge in [-0.3, -0.25) is 9.59 Å². The zero-order valence-electron chi connectivity index (χ0n) is 36.6. The van der Waals surface area contributed by atoms with Gasteiger partial charge in [-0.1, -0.05) is 69.3 Å². The van der Waals surface area contributed by atoms with Gasteiger partial charge in [0.05, 0.1) is 30.2 Å². The van der Waals surface area contributed by atoms with Crippen LogP contribution in [-0.4, -0.2) is 123 Å². The number of nitrogens with one attached hydrogen (secondary N) is 1. The van der Waals surface area contributed by atoms with Crippen molar-refractivity contribution in [1.82, 2.24) is 5.32 Å².